The Labute approximate surface area is 197 Å². The Morgan fingerprint density at radius 2 is 1.85 bits per heavy atom. The molecular weight excluding hydrogens is 430 g/mol. The van der Waals surface area contributed by atoms with Crippen LogP contribution in [0.5, 0.6) is 5.75 Å². The maximum Gasteiger partial charge on any atom is 0.300 e. The van der Waals surface area contributed by atoms with E-state index in [2.05, 4.69) is 4.98 Å². The van der Waals surface area contributed by atoms with Gasteiger partial charge in [0.2, 0.25) is 0 Å². The highest BCUT2D eigenvalue weighted by atomic mass is 16.5. The third kappa shape index (κ3) is 3.59. The minimum atomic E-state index is -0.806. The smallest absolute Gasteiger partial charge is 0.300 e. The number of amides is 1. The molecule has 1 fully saturated rings. The first-order valence-electron chi connectivity index (χ1n) is 11.1. The van der Waals surface area contributed by atoms with Crippen LogP contribution in [0.15, 0.2) is 66.5 Å². The number of Topliss-reactive ketones (excluding diaryl/α,β-unsaturated/α-hetero) is 1. The number of ether oxygens (including phenoxy) is 1. The number of hydrogen-bond acceptors (Lipinski definition) is 6. The number of aromatic nitrogens is 1. The van der Waals surface area contributed by atoms with Crippen LogP contribution < -0.4 is 14.5 Å². The van der Waals surface area contributed by atoms with Crippen LogP contribution in [0.2, 0.25) is 0 Å². The van der Waals surface area contributed by atoms with Crippen LogP contribution >= 0.6 is 0 Å². The minimum absolute atomic E-state index is 0.0384. The zero-order valence-electron chi connectivity index (χ0n) is 19.3. The summed E-state index contributed by atoms with van der Waals surface area (Å²) in [7, 11) is 1.94. The largest absolute Gasteiger partial charge is 0.507 e. The Kier molecular flexibility index (Phi) is 5.32. The first kappa shape index (κ1) is 21.7. The van der Waals surface area contributed by atoms with E-state index in [1.807, 2.05) is 44.0 Å². The molecule has 2 aliphatic rings. The molecule has 0 radical (unpaired) electrons. The maximum atomic E-state index is 13.3. The van der Waals surface area contributed by atoms with E-state index < -0.39 is 17.7 Å². The van der Waals surface area contributed by atoms with Crippen molar-refractivity contribution in [3.63, 3.8) is 0 Å². The zero-order chi connectivity index (χ0) is 24.0. The second-order valence-electron chi connectivity index (χ2n) is 8.75. The molecule has 1 unspecified atom stereocenters. The molecule has 7 heteroatoms. The SMILES string of the molecule is Cc1cc(C)cc(N2C(=O)C(=O)/C(=C(\O)c3ccc4c(c3)N(C)CCO4)C2c2cccnc2)c1. The molecule has 0 bridgehead atoms. The molecule has 3 aromatic rings. The average Bonchev–Trinajstić information content (AvgIpc) is 3.09. The number of anilines is 2. The molecule has 34 heavy (non-hydrogen) atoms. The van der Waals surface area contributed by atoms with Gasteiger partial charge < -0.3 is 14.7 Å². The molecule has 5 rings (SSSR count). The van der Waals surface area contributed by atoms with Crippen LogP contribution in [0.25, 0.3) is 5.76 Å². The number of aryl methyl sites for hydroxylation is 2. The van der Waals surface area contributed by atoms with Crippen molar-refractivity contribution < 1.29 is 19.4 Å². The van der Waals surface area contributed by atoms with E-state index in [0.717, 1.165) is 16.8 Å². The summed E-state index contributed by atoms with van der Waals surface area (Å²) < 4.78 is 5.70. The van der Waals surface area contributed by atoms with Crippen LogP contribution in [0.4, 0.5) is 11.4 Å². The van der Waals surface area contributed by atoms with E-state index in [9.17, 15) is 14.7 Å². The fourth-order valence-electron chi connectivity index (χ4n) is 4.70. The van der Waals surface area contributed by atoms with Gasteiger partial charge in [0, 0.05) is 30.7 Å². The number of benzene rings is 2. The van der Waals surface area contributed by atoms with Crippen molar-refractivity contribution in [3.8, 4) is 5.75 Å². The number of aliphatic hydroxyl groups excluding tert-OH is 1. The van der Waals surface area contributed by atoms with Gasteiger partial charge in [0.15, 0.2) is 0 Å². The van der Waals surface area contributed by atoms with Crippen molar-refractivity contribution in [2.75, 3.05) is 30.0 Å². The monoisotopic (exact) mass is 455 g/mol. The second kappa shape index (κ2) is 8.33. The van der Waals surface area contributed by atoms with Crippen molar-refractivity contribution in [2.24, 2.45) is 0 Å². The van der Waals surface area contributed by atoms with Crippen LogP contribution in [-0.4, -0.2) is 42.0 Å². The number of pyridine rings is 1. The first-order valence-corrected chi connectivity index (χ1v) is 11.1. The Balaban J connectivity index is 1.70. The molecule has 0 saturated carbocycles. The lowest BCUT2D eigenvalue weighted by Gasteiger charge is -2.28. The number of fused-ring (bicyclic) bond motifs is 1. The molecule has 0 aliphatic carbocycles. The molecule has 1 saturated heterocycles. The number of carbonyl (C=O) groups excluding carboxylic acids is 2. The fraction of sp³-hybridized carbons (Fsp3) is 0.222. The van der Waals surface area contributed by atoms with Crippen molar-refractivity contribution >= 4 is 28.8 Å². The van der Waals surface area contributed by atoms with Crippen molar-refractivity contribution in [3.05, 3.63) is 88.8 Å². The highest BCUT2D eigenvalue weighted by Crippen LogP contribution is 2.43. The van der Waals surface area contributed by atoms with Gasteiger partial charge in [0.1, 0.15) is 18.1 Å². The first-order chi connectivity index (χ1) is 16.3. The van der Waals surface area contributed by atoms with Crippen LogP contribution in [-0.2, 0) is 9.59 Å². The van der Waals surface area contributed by atoms with Gasteiger partial charge in [-0.1, -0.05) is 12.1 Å². The summed E-state index contributed by atoms with van der Waals surface area (Å²) in [5.41, 5.74) is 4.49. The molecule has 7 nitrogen and oxygen atoms in total. The van der Waals surface area contributed by atoms with Crippen LogP contribution in [0.3, 0.4) is 0 Å². The number of likely N-dealkylation sites (N-methyl/N-ethyl adjacent to an activating group) is 1. The Bertz CT molecular complexity index is 1310. The quantitative estimate of drug-likeness (QED) is 0.363. The molecule has 1 atom stereocenters. The summed E-state index contributed by atoms with van der Waals surface area (Å²) >= 11 is 0. The molecule has 0 spiro atoms. The zero-order valence-corrected chi connectivity index (χ0v) is 19.3. The second-order valence-corrected chi connectivity index (χ2v) is 8.75. The number of ketones is 1. The molecule has 1 amide bonds. The van der Waals surface area contributed by atoms with Gasteiger partial charge in [-0.25, -0.2) is 0 Å². The van der Waals surface area contributed by atoms with Gasteiger partial charge in [0.05, 0.1) is 23.8 Å². The van der Waals surface area contributed by atoms with E-state index in [0.29, 0.717) is 35.7 Å². The van der Waals surface area contributed by atoms with E-state index in [1.54, 1.807) is 42.7 Å². The number of carbonyl (C=O) groups is 2. The summed E-state index contributed by atoms with van der Waals surface area (Å²) in [6.07, 6.45) is 3.25. The van der Waals surface area contributed by atoms with Crippen molar-refractivity contribution in [2.45, 2.75) is 19.9 Å². The maximum absolute atomic E-state index is 13.3. The summed E-state index contributed by atoms with van der Waals surface area (Å²) in [6, 6.07) is 13.8. The lowest BCUT2D eigenvalue weighted by atomic mass is 9.95. The molecule has 2 aliphatic heterocycles. The Morgan fingerprint density at radius 1 is 1.09 bits per heavy atom. The standard InChI is InChI=1S/C27H25N3O4/c1-16-11-17(2)13-20(12-16)30-24(19-5-4-8-28-15-19)23(26(32)27(30)33)25(31)18-6-7-22-21(14-18)29(3)9-10-34-22/h4-8,11-15,24,31H,9-10H2,1-3H3/b25-23-. The van der Waals surface area contributed by atoms with Crippen molar-refractivity contribution in [1.29, 1.82) is 0 Å². The number of rotatable bonds is 3. The van der Waals surface area contributed by atoms with Gasteiger partial charge in [-0.05, 0) is 66.9 Å². The van der Waals surface area contributed by atoms with Gasteiger partial charge in [0.25, 0.3) is 11.7 Å². The molecular formula is C27H25N3O4. The summed E-state index contributed by atoms with van der Waals surface area (Å²) in [6.45, 7) is 5.18. The molecule has 172 valence electrons. The minimum Gasteiger partial charge on any atom is -0.507 e. The Hall–Kier alpha value is -4.13. The summed E-state index contributed by atoms with van der Waals surface area (Å²) in [4.78, 5) is 34.4. The van der Waals surface area contributed by atoms with E-state index in [4.69, 9.17) is 4.74 Å². The third-order valence-corrected chi connectivity index (χ3v) is 6.26. The molecule has 2 aromatic carbocycles. The molecule has 3 heterocycles. The fourth-order valence-corrected chi connectivity index (χ4v) is 4.70. The third-order valence-electron chi connectivity index (χ3n) is 6.26. The van der Waals surface area contributed by atoms with Crippen LogP contribution in [0, 0.1) is 13.8 Å². The topological polar surface area (TPSA) is 83.0 Å². The van der Waals surface area contributed by atoms with Gasteiger partial charge in [-0.15, -0.1) is 0 Å². The van der Waals surface area contributed by atoms with E-state index in [1.165, 1.54) is 4.90 Å². The lowest BCUT2D eigenvalue weighted by Crippen LogP contribution is -2.29. The predicted molar refractivity (Wildman–Crippen MR) is 130 cm³/mol. The number of aliphatic hydroxyl groups is 1. The summed E-state index contributed by atoms with van der Waals surface area (Å²) in [5.74, 6) is -0.919. The normalized spacial score (nSPS) is 19.2. The van der Waals surface area contributed by atoms with Crippen molar-refractivity contribution in [1.82, 2.24) is 4.98 Å². The van der Waals surface area contributed by atoms with E-state index in [-0.39, 0.29) is 11.3 Å². The Morgan fingerprint density at radius 3 is 2.56 bits per heavy atom. The van der Waals surface area contributed by atoms with Gasteiger partial charge >= 0.3 is 0 Å². The molecule has 1 aromatic heterocycles. The van der Waals surface area contributed by atoms with Gasteiger partial charge in [-0.2, -0.15) is 0 Å². The van der Waals surface area contributed by atoms with Crippen LogP contribution in [0.1, 0.15) is 28.3 Å². The highest BCUT2D eigenvalue weighted by molar-refractivity contribution is 6.51. The number of nitrogens with zero attached hydrogens (tertiary/aromatic N) is 3. The van der Waals surface area contributed by atoms with E-state index >= 15 is 0 Å². The molecule has 1 N–H and O–H groups in total. The summed E-state index contributed by atoms with van der Waals surface area (Å²) in [5, 5.41) is 11.4. The van der Waals surface area contributed by atoms with Gasteiger partial charge in [-0.3, -0.25) is 19.5 Å². The average molecular weight is 456 g/mol. The highest BCUT2D eigenvalue weighted by Gasteiger charge is 2.47. The predicted octanol–water partition coefficient (Wildman–Crippen LogP) is 4.15. The number of hydrogen-bond donors (Lipinski definition) is 1. The lowest BCUT2D eigenvalue weighted by molar-refractivity contribution is -0.132.